The normalized spacial score (nSPS) is 29.4. The first-order chi connectivity index (χ1) is 6.81. The topological polar surface area (TPSA) is 15.3 Å². The van der Waals surface area contributed by atoms with Gasteiger partial charge in [-0.3, -0.25) is 0 Å². The van der Waals surface area contributed by atoms with Gasteiger partial charge in [0, 0.05) is 19.1 Å². The number of alkyl halides is 1. The van der Waals surface area contributed by atoms with Gasteiger partial charge in [-0.1, -0.05) is 20.3 Å². The molecule has 1 aliphatic heterocycles. The predicted octanol–water partition coefficient (Wildman–Crippen LogP) is 1.67. The van der Waals surface area contributed by atoms with Crippen molar-refractivity contribution in [2.24, 2.45) is 5.92 Å². The van der Waals surface area contributed by atoms with Gasteiger partial charge in [0.25, 0.3) is 0 Å². The molecule has 0 saturated carbocycles. The van der Waals surface area contributed by atoms with Gasteiger partial charge in [0.1, 0.15) is 6.67 Å². The van der Waals surface area contributed by atoms with Crippen molar-refractivity contribution in [1.29, 1.82) is 0 Å². The van der Waals surface area contributed by atoms with Crippen LogP contribution in [0, 0.1) is 5.92 Å². The molecule has 1 N–H and O–H groups in total. The molecule has 0 aliphatic carbocycles. The van der Waals surface area contributed by atoms with E-state index in [1.165, 1.54) is 12.8 Å². The van der Waals surface area contributed by atoms with Crippen molar-refractivity contribution in [2.75, 3.05) is 32.9 Å². The molecule has 1 fully saturated rings. The van der Waals surface area contributed by atoms with Crippen LogP contribution in [0.5, 0.6) is 0 Å². The molecule has 0 bridgehead atoms. The van der Waals surface area contributed by atoms with Gasteiger partial charge in [0.15, 0.2) is 0 Å². The molecule has 0 aromatic carbocycles. The molecule has 1 aliphatic rings. The molecule has 0 aromatic heterocycles. The largest absolute Gasteiger partial charge is 0.314 e. The lowest BCUT2D eigenvalue weighted by atomic mass is 9.90. The fraction of sp³-hybridized carbons (Fsp3) is 1.00. The molecule has 2 unspecified atom stereocenters. The fourth-order valence-electron chi connectivity index (χ4n) is 2.37. The fourth-order valence-corrected chi connectivity index (χ4v) is 2.37. The first kappa shape index (κ1) is 11.9. The molecule has 0 radical (unpaired) electrons. The summed E-state index contributed by atoms with van der Waals surface area (Å²) in [4.78, 5) is 2.25. The lowest BCUT2D eigenvalue weighted by Crippen LogP contribution is -2.49. The summed E-state index contributed by atoms with van der Waals surface area (Å²) < 4.78 is 12.2. The summed E-state index contributed by atoms with van der Waals surface area (Å²) in [5, 5.41) is 3.53. The number of hydrogen-bond donors (Lipinski definition) is 1. The first-order valence-electron chi connectivity index (χ1n) is 5.83. The molecule has 0 amide bonds. The van der Waals surface area contributed by atoms with Crippen molar-refractivity contribution in [3.05, 3.63) is 0 Å². The molecular weight excluding hydrogens is 179 g/mol. The quantitative estimate of drug-likeness (QED) is 0.729. The van der Waals surface area contributed by atoms with Gasteiger partial charge in [-0.05, 0) is 25.4 Å². The Bertz CT molecular complexity index is 152. The average molecular weight is 202 g/mol. The highest BCUT2D eigenvalue weighted by atomic mass is 19.1. The zero-order valence-electron chi connectivity index (χ0n) is 9.43. The van der Waals surface area contributed by atoms with Gasteiger partial charge in [0.05, 0.1) is 0 Å². The van der Waals surface area contributed by atoms with Gasteiger partial charge in [-0.15, -0.1) is 0 Å². The summed E-state index contributed by atoms with van der Waals surface area (Å²) in [6.45, 7) is 7.96. The SMILES string of the molecule is CCNC1CCN(CCF)CC1CC. The molecule has 1 heterocycles. The molecule has 84 valence electrons. The Kier molecular flexibility index (Phi) is 5.41. The Morgan fingerprint density at radius 2 is 2.21 bits per heavy atom. The van der Waals surface area contributed by atoms with Crippen LogP contribution in [0.4, 0.5) is 4.39 Å². The number of nitrogens with one attached hydrogen (secondary N) is 1. The smallest absolute Gasteiger partial charge is 0.102 e. The van der Waals surface area contributed by atoms with E-state index in [9.17, 15) is 4.39 Å². The average Bonchev–Trinajstić information content (AvgIpc) is 2.21. The highest BCUT2D eigenvalue weighted by Gasteiger charge is 2.26. The van der Waals surface area contributed by atoms with Crippen LogP contribution < -0.4 is 5.32 Å². The van der Waals surface area contributed by atoms with Crippen molar-refractivity contribution in [2.45, 2.75) is 32.7 Å². The zero-order chi connectivity index (χ0) is 10.4. The van der Waals surface area contributed by atoms with Crippen molar-refractivity contribution in [1.82, 2.24) is 10.2 Å². The molecule has 3 heteroatoms. The highest BCUT2D eigenvalue weighted by Crippen LogP contribution is 2.19. The standard InChI is InChI=1S/C11H23FN2/c1-3-10-9-14(8-6-12)7-5-11(10)13-4-2/h10-11,13H,3-9H2,1-2H3. The Morgan fingerprint density at radius 3 is 2.79 bits per heavy atom. The van der Waals surface area contributed by atoms with Gasteiger partial charge < -0.3 is 10.2 Å². The number of hydrogen-bond acceptors (Lipinski definition) is 2. The number of rotatable bonds is 5. The molecule has 2 atom stereocenters. The molecular formula is C11H23FN2. The van der Waals surface area contributed by atoms with E-state index in [2.05, 4.69) is 24.1 Å². The van der Waals surface area contributed by atoms with Crippen LogP contribution in [-0.4, -0.2) is 43.8 Å². The van der Waals surface area contributed by atoms with Crippen LogP contribution in [0.1, 0.15) is 26.7 Å². The van der Waals surface area contributed by atoms with Crippen molar-refractivity contribution in [3.8, 4) is 0 Å². The lowest BCUT2D eigenvalue weighted by Gasteiger charge is -2.38. The summed E-state index contributed by atoms with van der Waals surface area (Å²) in [6, 6.07) is 0.654. The van der Waals surface area contributed by atoms with E-state index in [1.807, 2.05) is 0 Å². The van der Waals surface area contributed by atoms with E-state index in [-0.39, 0.29) is 6.67 Å². The zero-order valence-corrected chi connectivity index (χ0v) is 9.43. The van der Waals surface area contributed by atoms with Crippen LogP contribution in [0.2, 0.25) is 0 Å². The van der Waals surface area contributed by atoms with Crippen LogP contribution in [0.15, 0.2) is 0 Å². The number of halogens is 1. The lowest BCUT2D eigenvalue weighted by molar-refractivity contribution is 0.128. The molecule has 1 saturated heterocycles. The second kappa shape index (κ2) is 6.36. The maximum absolute atomic E-state index is 12.2. The third kappa shape index (κ3) is 3.21. The van der Waals surface area contributed by atoms with Crippen molar-refractivity contribution < 1.29 is 4.39 Å². The minimum atomic E-state index is -0.206. The van der Waals surface area contributed by atoms with Gasteiger partial charge in [-0.25, -0.2) is 4.39 Å². The summed E-state index contributed by atoms with van der Waals surface area (Å²) in [7, 11) is 0. The monoisotopic (exact) mass is 202 g/mol. The van der Waals surface area contributed by atoms with E-state index in [0.717, 1.165) is 19.6 Å². The molecule has 0 aromatic rings. The maximum Gasteiger partial charge on any atom is 0.102 e. The van der Waals surface area contributed by atoms with Crippen LogP contribution in [-0.2, 0) is 0 Å². The van der Waals surface area contributed by atoms with E-state index < -0.39 is 0 Å². The van der Waals surface area contributed by atoms with Gasteiger partial charge >= 0.3 is 0 Å². The van der Waals surface area contributed by atoms with Crippen LogP contribution >= 0.6 is 0 Å². The molecule has 14 heavy (non-hydrogen) atoms. The number of piperidine rings is 1. The molecule has 0 spiro atoms. The molecule has 1 rings (SSSR count). The van der Waals surface area contributed by atoms with Crippen molar-refractivity contribution >= 4 is 0 Å². The van der Waals surface area contributed by atoms with Gasteiger partial charge in [-0.2, -0.15) is 0 Å². The Morgan fingerprint density at radius 1 is 1.43 bits per heavy atom. The van der Waals surface area contributed by atoms with E-state index in [1.54, 1.807) is 0 Å². The van der Waals surface area contributed by atoms with Gasteiger partial charge in [0.2, 0.25) is 0 Å². The third-order valence-electron chi connectivity index (χ3n) is 3.21. The first-order valence-corrected chi connectivity index (χ1v) is 5.83. The van der Waals surface area contributed by atoms with E-state index >= 15 is 0 Å². The van der Waals surface area contributed by atoms with E-state index in [0.29, 0.717) is 18.5 Å². The highest BCUT2D eigenvalue weighted by molar-refractivity contribution is 4.84. The predicted molar refractivity (Wildman–Crippen MR) is 58.3 cm³/mol. The number of likely N-dealkylation sites (tertiary alicyclic amines) is 1. The second-order valence-electron chi connectivity index (χ2n) is 4.11. The second-order valence-corrected chi connectivity index (χ2v) is 4.11. The Labute approximate surface area is 86.9 Å². The number of nitrogens with zero attached hydrogens (tertiary/aromatic N) is 1. The Hall–Kier alpha value is -0.150. The Balaban J connectivity index is 2.37. The summed E-state index contributed by atoms with van der Waals surface area (Å²) in [5.74, 6) is 0.704. The summed E-state index contributed by atoms with van der Waals surface area (Å²) >= 11 is 0. The van der Waals surface area contributed by atoms with E-state index in [4.69, 9.17) is 0 Å². The minimum absolute atomic E-state index is 0.206. The maximum atomic E-state index is 12.2. The minimum Gasteiger partial charge on any atom is -0.314 e. The van der Waals surface area contributed by atoms with Crippen molar-refractivity contribution in [3.63, 3.8) is 0 Å². The third-order valence-corrected chi connectivity index (χ3v) is 3.21. The summed E-state index contributed by atoms with van der Waals surface area (Å²) in [6.07, 6.45) is 2.37. The van der Waals surface area contributed by atoms with Crippen LogP contribution in [0.25, 0.3) is 0 Å². The molecule has 2 nitrogen and oxygen atoms in total. The van der Waals surface area contributed by atoms with Crippen LogP contribution in [0.3, 0.4) is 0 Å². The summed E-state index contributed by atoms with van der Waals surface area (Å²) in [5.41, 5.74) is 0.